The highest BCUT2D eigenvalue weighted by Crippen LogP contribution is 2.42. The van der Waals surface area contributed by atoms with Crippen molar-refractivity contribution in [2.75, 3.05) is 11.9 Å². The molecule has 7 heteroatoms. The zero-order valence-corrected chi connectivity index (χ0v) is 11.1. The molecule has 1 aromatic carbocycles. The number of anilines is 1. The summed E-state index contributed by atoms with van der Waals surface area (Å²) >= 11 is 0. The van der Waals surface area contributed by atoms with E-state index in [9.17, 15) is 13.6 Å². The van der Waals surface area contributed by atoms with E-state index in [1.165, 1.54) is 12.1 Å². The molecule has 0 saturated heterocycles. The van der Waals surface area contributed by atoms with Crippen molar-refractivity contribution in [1.82, 2.24) is 0 Å². The average molecular weight is 287 g/mol. The van der Waals surface area contributed by atoms with Crippen molar-refractivity contribution in [3.63, 3.8) is 0 Å². The Labute approximate surface area is 114 Å². The molecule has 0 fully saturated rings. The summed E-state index contributed by atoms with van der Waals surface area (Å²) in [6, 6.07) is 4.16. The smallest absolute Gasteiger partial charge is 0.466 e. The number of benzene rings is 1. The number of ether oxygens (including phenoxy) is 3. The predicted molar refractivity (Wildman–Crippen MR) is 67.0 cm³/mol. The number of rotatable bonds is 5. The molecule has 1 unspecified atom stereocenters. The van der Waals surface area contributed by atoms with Crippen LogP contribution in [0.25, 0.3) is 0 Å². The molecule has 0 aromatic heterocycles. The van der Waals surface area contributed by atoms with Crippen LogP contribution in [-0.2, 0) is 9.53 Å². The lowest BCUT2D eigenvalue weighted by atomic mass is 10.2. The van der Waals surface area contributed by atoms with Crippen LogP contribution < -0.4 is 14.8 Å². The Kier molecular flexibility index (Phi) is 3.96. The Balaban J connectivity index is 1.96. The molecule has 110 valence electrons. The Hall–Kier alpha value is -2.05. The van der Waals surface area contributed by atoms with Gasteiger partial charge in [0.15, 0.2) is 11.5 Å². The second-order valence-electron chi connectivity index (χ2n) is 4.38. The molecular weight excluding hydrogens is 272 g/mol. The molecule has 5 nitrogen and oxygen atoms in total. The molecule has 0 radical (unpaired) electrons. The summed E-state index contributed by atoms with van der Waals surface area (Å²) in [5, 5.41) is 3.01. The van der Waals surface area contributed by atoms with E-state index in [0.717, 1.165) is 0 Å². The summed E-state index contributed by atoms with van der Waals surface area (Å²) in [6.45, 7) is 3.84. The molecule has 1 N–H and O–H groups in total. The van der Waals surface area contributed by atoms with Gasteiger partial charge in [-0.1, -0.05) is 0 Å². The van der Waals surface area contributed by atoms with E-state index >= 15 is 0 Å². The van der Waals surface area contributed by atoms with Gasteiger partial charge in [-0.3, -0.25) is 4.79 Å². The van der Waals surface area contributed by atoms with Gasteiger partial charge in [-0.05, 0) is 26.0 Å². The van der Waals surface area contributed by atoms with Gasteiger partial charge in [0.2, 0.25) is 0 Å². The molecule has 1 atom stereocenters. The molecule has 1 aromatic rings. The molecule has 0 saturated carbocycles. The van der Waals surface area contributed by atoms with Gasteiger partial charge in [0.05, 0.1) is 13.0 Å². The Morgan fingerprint density at radius 3 is 2.80 bits per heavy atom. The first-order chi connectivity index (χ1) is 9.39. The fourth-order valence-electron chi connectivity index (χ4n) is 1.84. The van der Waals surface area contributed by atoms with E-state index in [2.05, 4.69) is 14.8 Å². The van der Waals surface area contributed by atoms with Crippen LogP contribution in [0, 0.1) is 0 Å². The summed E-state index contributed by atoms with van der Waals surface area (Å²) < 4.78 is 39.2. The van der Waals surface area contributed by atoms with Crippen LogP contribution in [0.2, 0.25) is 0 Å². The molecular formula is C13H15F2NO4. The zero-order valence-electron chi connectivity index (χ0n) is 11.1. The van der Waals surface area contributed by atoms with Crippen LogP contribution in [0.5, 0.6) is 11.5 Å². The lowest BCUT2D eigenvalue weighted by Crippen LogP contribution is -2.25. The van der Waals surface area contributed by atoms with E-state index in [1.54, 1.807) is 19.9 Å². The van der Waals surface area contributed by atoms with Gasteiger partial charge in [-0.25, -0.2) is 0 Å². The third-order valence-corrected chi connectivity index (χ3v) is 2.59. The minimum Gasteiger partial charge on any atom is -0.466 e. The minimum atomic E-state index is -3.63. The maximum atomic E-state index is 12.9. The minimum absolute atomic E-state index is 0.0152. The highest BCUT2D eigenvalue weighted by molar-refractivity contribution is 5.70. The van der Waals surface area contributed by atoms with E-state index in [0.29, 0.717) is 12.3 Å². The molecule has 2 rings (SSSR count). The van der Waals surface area contributed by atoms with Gasteiger partial charge in [0, 0.05) is 17.8 Å². The number of hydrogen-bond acceptors (Lipinski definition) is 5. The Morgan fingerprint density at radius 2 is 2.10 bits per heavy atom. The topological polar surface area (TPSA) is 56.8 Å². The fraction of sp³-hybridized carbons (Fsp3) is 0.462. The third-order valence-electron chi connectivity index (χ3n) is 2.59. The molecule has 1 aliphatic heterocycles. The first-order valence-corrected chi connectivity index (χ1v) is 6.21. The highest BCUT2D eigenvalue weighted by Gasteiger charge is 2.43. The maximum absolute atomic E-state index is 12.9. The van der Waals surface area contributed by atoms with Gasteiger partial charge in [0.1, 0.15) is 0 Å². The first-order valence-electron chi connectivity index (χ1n) is 6.21. The second kappa shape index (κ2) is 5.52. The van der Waals surface area contributed by atoms with Crippen molar-refractivity contribution in [2.45, 2.75) is 32.6 Å². The monoisotopic (exact) mass is 287 g/mol. The van der Waals surface area contributed by atoms with E-state index in [1.807, 2.05) is 0 Å². The number of nitrogens with one attached hydrogen (secondary N) is 1. The number of halogens is 2. The number of alkyl halides is 2. The standard InChI is InChI=1S/C13H15F2NO4/c1-3-18-12(17)6-8(2)16-9-4-5-10-11(7-9)20-13(14,15)19-10/h4-5,7-8,16H,3,6H2,1-2H3. The number of fused-ring (bicyclic) bond motifs is 1. The van der Waals surface area contributed by atoms with Crippen molar-refractivity contribution in [3.8, 4) is 11.5 Å². The van der Waals surface area contributed by atoms with Gasteiger partial charge in [-0.2, -0.15) is 0 Å². The quantitative estimate of drug-likeness (QED) is 0.844. The third kappa shape index (κ3) is 3.49. The maximum Gasteiger partial charge on any atom is 0.586 e. The number of carbonyl (C=O) groups is 1. The summed E-state index contributed by atoms with van der Waals surface area (Å²) in [5.41, 5.74) is 0.557. The Morgan fingerprint density at radius 1 is 1.40 bits per heavy atom. The average Bonchev–Trinajstić information content (AvgIpc) is 2.62. The van der Waals surface area contributed by atoms with Crippen molar-refractivity contribution >= 4 is 11.7 Å². The van der Waals surface area contributed by atoms with E-state index in [-0.39, 0.29) is 29.9 Å². The van der Waals surface area contributed by atoms with Crippen molar-refractivity contribution in [3.05, 3.63) is 18.2 Å². The molecule has 1 heterocycles. The van der Waals surface area contributed by atoms with Gasteiger partial charge >= 0.3 is 12.3 Å². The lowest BCUT2D eigenvalue weighted by molar-refractivity contribution is -0.286. The molecule has 0 amide bonds. The fourth-order valence-corrected chi connectivity index (χ4v) is 1.84. The van der Waals surface area contributed by atoms with Crippen LogP contribution in [0.4, 0.5) is 14.5 Å². The molecule has 0 spiro atoms. The van der Waals surface area contributed by atoms with Crippen molar-refractivity contribution in [2.24, 2.45) is 0 Å². The largest absolute Gasteiger partial charge is 0.586 e. The normalized spacial score (nSPS) is 16.6. The molecule has 1 aliphatic rings. The van der Waals surface area contributed by atoms with Crippen LogP contribution in [0.3, 0.4) is 0 Å². The number of carbonyl (C=O) groups excluding carboxylic acids is 1. The predicted octanol–water partition coefficient (Wildman–Crippen LogP) is 2.76. The number of hydrogen-bond donors (Lipinski definition) is 1. The highest BCUT2D eigenvalue weighted by atomic mass is 19.3. The summed E-state index contributed by atoms with van der Waals surface area (Å²) in [5.74, 6) is -0.373. The summed E-state index contributed by atoms with van der Waals surface area (Å²) in [7, 11) is 0. The summed E-state index contributed by atoms with van der Waals surface area (Å²) in [6.07, 6.45) is -3.45. The van der Waals surface area contributed by atoms with Gasteiger partial charge in [0.25, 0.3) is 0 Å². The van der Waals surface area contributed by atoms with Crippen LogP contribution >= 0.6 is 0 Å². The number of esters is 1. The lowest BCUT2D eigenvalue weighted by Gasteiger charge is -2.14. The molecule has 0 aliphatic carbocycles. The van der Waals surface area contributed by atoms with Gasteiger partial charge in [-0.15, -0.1) is 8.78 Å². The first kappa shape index (κ1) is 14.4. The molecule has 20 heavy (non-hydrogen) atoms. The second-order valence-corrected chi connectivity index (χ2v) is 4.38. The SMILES string of the molecule is CCOC(=O)CC(C)Nc1ccc2c(c1)OC(F)(F)O2. The van der Waals surface area contributed by atoms with Crippen LogP contribution in [0.1, 0.15) is 20.3 Å². The molecule has 0 bridgehead atoms. The van der Waals surface area contributed by atoms with Crippen LogP contribution in [-0.4, -0.2) is 24.9 Å². The van der Waals surface area contributed by atoms with Crippen molar-refractivity contribution < 1.29 is 27.8 Å². The van der Waals surface area contributed by atoms with Crippen LogP contribution in [0.15, 0.2) is 18.2 Å². The summed E-state index contributed by atoms with van der Waals surface area (Å²) in [4.78, 5) is 11.3. The Bertz CT molecular complexity index is 507. The zero-order chi connectivity index (χ0) is 14.8. The van der Waals surface area contributed by atoms with E-state index in [4.69, 9.17) is 4.74 Å². The van der Waals surface area contributed by atoms with Crippen molar-refractivity contribution in [1.29, 1.82) is 0 Å². The van der Waals surface area contributed by atoms with Gasteiger partial charge < -0.3 is 19.5 Å². The van der Waals surface area contributed by atoms with E-state index < -0.39 is 6.29 Å².